The summed E-state index contributed by atoms with van der Waals surface area (Å²) in [6, 6.07) is 0.678. The Morgan fingerprint density at radius 3 is 2.72 bits per heavy atom. The number of nitrogens with zero attached hydrogens (tertiary/aromatic N) is 1. The second-order valence-corrected chi connectivity index (χ2v) is 6.92. The Kier molecular flexibility index (Phi) is 6.61. The molecule has 1 heterocycles. The predicted molar refractivity (Wildman–Crippen MR) is 78.0 cm³/mol. The van der Waals surface area contributed by atoms with Crippen molar-refractivity contribution < 1.29 is 4.74 Å². The molecule has 0 aliphatic carbocycles. The average molecular weight is 256 g/mol. The van der Waals surface area contributed by atoms with Crippen LogP contribution in [0.3, 0.4) is 0 Å². The lowest BCUT2D eigenvalue weighted by Crippen LogP contribution is -2.53. The third kappa shape index (κ3) is 6.17. The number of ether oxygens (including phenoxy) is 1. The van der Waals surface area contributed by atoms with Crippen LogP contribution in [0.25, 0.3) is 0 Å². The van der Waals surface area contributed by atoms with Crippen LogP contribution in [0.2, 0.25) is 0 Å². The molecule has 1 atom stereocenters. The molecule has 1 saturated heterocycles. The van der Waals surface area contributed by atoms with Crippen LogP contribution in [0.4, 0.5) is 0 Å². The van der Waals surface area contributed by atoms with Crippen LogP contribution < -0.4 is 5.32 Å². The van der Waals surface area contributed by atoms with Gasteiger partial charge >= 0.3 is 0 Å². The van der Waals surface area contributed by atoms with Gasteiger partial charge in [-0.1, -0.05) is 27.7 Å². The van der Waals surface area contributed by atoms with Crippen molar-refractivity contribution in [2.24, 2.45) is 11.3 Å². The molecule has 0 spiro atoms. The fraction of sp³-hybridized carbons (Fsp3) is 1.00. The van der Waals surface area contributed by atoms with Gasteiger partial charge in [-0.25, -0.2) is 0 Å². The molecule has 0 radical (unpaired) electrons. The lowest BCUT2D eigenvalue weighted by atomic mass is 9.88. The van der Waals surface area contributed by atoms with E-state index in [1.165, 1.54) is 26.1 Å². The molecule has 0 aromatic carbocycles. The number of hydrogen-bond donors (Lipinski definition) is 1. The van der Waals surface area contributed by atoms with Gasteiger partial charge in [-0.2, -0.15) is 0 Å². The lowest BCUT2D eigenvalue weighted by molar-refractivity contribution is 0.0963. The number of methoxy groups -OCH3 is 1. The number of rotatable bonds is 7. The van der Waals surface area contributed by atoms with E-state index in [4.69, 9.17) is 4.74 Å². The third-order valence-corrected chi connectivity index (χ3v) is 3.73. The summed E-state index contributed by atoms with van der Waals surface area (Å²) in [5.41, 5.74) is 0.357. The fourth-order valence-electron chi connectivity index (χ4n) is 2.83. The number of nitrogens with one attached hydrogen (secondary N) is 1. The second kappa shape index (κ2) is 7.46. The van der Waals surface area contributed by atoms with Crippen molar-refractivity contribution in [3.63, 3.8) is 0 Å². The highest BCUT2D eigenvalue weighted by Crippen LogP contribution is 2.23. The van der Waals surface area contributed by atoms with E-state index in [9.17, 15) is 0 Å². The van der Waals surface area contributed by atoms with E-state index >= 15 is 0 Å². The first-order valence-electron chi connectivity index (χ1n) is 7.37. The Bertz CT molecular complexity index is 229. The molecule has 0 amide bonds. The maximum absolute atomic E-state index is 5.21. The molecule has 0 saturated carbocycles. The minimum Gasteiger partial charge on any atom is -0.385 e. The summed E-state index contributed by atoms with van der Waals surface area (Å²) in [6.07, 6.45) is 2.43. The quantitative estimate of drug-likeness (QED) is 0.757. The minimum absolute atomic E-state index is 0.357. The molecule has 1 aliphatic rings. The van der Waals surface area contributed by atoms with Crippen molar-refractivity contribution in [1.82, 2.24) is 10.2 Å². The van der Waals surface area contributed by atoms with Gasteiger partial charge in [0.25, 0.3) is 0 Å². The van der Waals surface area contributed by atoms with Gasteiger partial charge < -0.3 is 10.1 Å². The second-order valence-electron chi connectivity index (χ2n) is 6.92. The summed E-state index contributed by atoms with van der Waals surface area (Å²) in [7, 11) is 1.79. The van der Waals surface area contributed by atoms with Gasteiger partial charge in [-0.15, -0.1) is 0 Å². The maximum Gasteiger partial charge on any atom is 0.0467 e. The number of piperazine rings is 1. The monoisotopic (exact) mass is 256 g/mol. The normalized spacial score (nSPS) is 22.7. The van der Waals surface area contributed by atoms with Crippen molar-refractivity contribution in [3.05, 3.63) is 0 Å². The summed E-state index contributed by atoms with van der Waals surface area (Å²) in [5.74, 6) is 0.781. The molecule has 108 valence electrons. The molecule has 1 rings (SSSR count). The molecule has 0 bridgehead atoms. The van der Waals surface area contributed by atoms with Gasteiger partial charge in [0.2, 0.25) is 0 Å². The van der Waals surface area contributed by atoms with Gasteiger partial charge in [-0.05, 0) is 24.2 Å². The van der Waals surface area contributed by atoms with E-state index in [0.29, 0.717) is 11.5 Å². The van der Waals surface area contributed by atoms with Crippen molar-refractivity contribution in [1.29, 1.82) is 0 Å². The summed E-state index contributed by atoms with van der Waals surface area (Å²) in [6.45, 7) is 14.9. The van der Waals surface area contributed by atoms with E-state index in [-0.39, 0.29) is 0 Å². The van der Waals surface area contributed by atoms with Crippen LogP contribution in [-0.4, -0.2) is 50.8 Å². The molecule has 1 aliphatic heterocycles. The Morgan fingerprint density at radius 2 is 2.11 bits per heavy atom. The Morgan fingerprint density at radius 1 is 1.39 bits per heavy atom. The highest BCUT2D eigenvalue weighted by atomic mass is 16.5. The van der Waals surface area contributed by atoms with E-state index < -0.39 is 0 Å². The van der Waals surface area contributed by atoms with E-state index in [0.717, 1.165) is 25.5 Å². The van der Waals surface area contributed by atoms with Crippen LogP contribution >= 0.6 is 0 Å². The van der Waals surface area contributed by atoms with Gasteiger partial charge in [0.1, 0.15) is 0 Å². The largest absolute Gasteiger partial charge is 0.385 e. The molecular weight excluding hydrogens is 224 g/mol. The first-order chi connectivity index (χ1) is 8.43. The van der Waals surface area contributed by atoms with E-state index in [1.54, 1.807) is 7.11 Å². The van der Waals surface area contributed by atoms with Crippen molar-refractivity contribution in [3.8, 4) is 0 Å². The van der Waals surface area contributed by atoms with Crippen LogP contribution in [-0.2, 0) is 4.74 Å². The number of hydrogen-bond acceptors (Lipinski definition) is 3. The van der Waals surface area contributed by atoms with Crippen LogP contribution in [0.5, 0.6) is 0 Å². The minimum atomic E-state index is 0.357. The zero-order valence-corrected chi connectivity index (χ0v) is 13.0. The fourth-order valence-corrected chi connectivity index (χ4v) is 2.83. The highest BCUT2D eigenvalue weighted by molar-refractivity contribution is 4.83. The van der Waals surface area contributed by atoms with Crippen LogP contribution in [0, 0.1) is 11.3 Å². The predicted octanol–water partition coefficient (Wildman–Crippen LogP) is 2.37. The van der Waals surface area contributed by atoms with Crippen molar-refractivity contribution in [2.45, 2.75) is 46.6 Å². The standard InChI is InChI=1S/C15H32N2O/c1-13(2)10-14-11-17(8-7-16-14)12-15(3,4)6-9-18-5/h13-14,16H,6-12H2,1-5H3. The Labute approximate surface area is 113 Å². The Hall–Kier alpha value is -0.120. The van der Waals surface area contributed by atoms with E-state index in [2.05, 4.69) is 37.9 Å². The molecule has 3 nitrogen and oxygen atoms in total. The molecule has 0 aromatic heterocycles. The molecule has 3 heteroatoms. The van der Waals surface area contributed by atoms with Crippen LogP contribution in [0.15, 0.2) is 0 Å². The SMILES string of the molecule is COCCC(C)(C)CN1CCNC(CC(C)C)C1. The molecule has 1 unspecified atom stereocenters. The first-order valence-corrected chi connectivity index (χ1v) is 7.37. The summed E-state index contributed by atoms with van der Waals surface area (Å²) in [5, 5.41) is 3.64. The molecular formula is C15H32N2O. The smallest absolute Gasteiger partial charge is 0.0467 e. The lowest BCUT2D eigenvalue weighted by Gasteiger charge is -2.39. The van der Waals surface area contributed by atoms with Crippen molar-refractivity contribution in [2.75, 3.05) is 39.9 Å². The van der Waals surface area contributed by atoms with Gasteiger partial charge in [0, 0.05) is 45.9 Å². The average Bonchev–Trinajstić information content (AvgIpc) is 2.25. The van der Waals surface area contributed by atoms with Gasteiger partial charge in [-0.3, -0.25) is 4.90 Å². The molecule has 1 N–H and O–H groups in total. The van der Waals surface area contributed by atoms with E-state index in [1.807, 2.05) is 0 Å². The third-order valence-electron chi connectivity index (χ3n) is 3.73. The van der Waals surface area contributed by atoms with Gasteiger partial charge in [0.05, 0.1) is 0 Å². The zero-order chi connectivity index (χ0) is 13.6. The first kappa shape index (κ1) is 15.9. The van der Waals surface area contributed by atoms with Crippen LogP contribution in [0.1, 0.15) is 40.5 Å². The van der Waals surface area contributed by atoms with Crippen molar-refractivity contribution >= 4 is 0 Å². The molecule has 18 heavy (non-hydrogen) atoms. The van der Waals surface area contributed by atoms with Gasteiger partial charge in [0.15, 0.2) is 0 Å². The summed E-state index contributed by atoms with van der Waals surface area (Å²) < 4.78 is 5.21. The topological polar surface area (TPSA) is 24.5 Å². The summed E-state index contributed by atoms with van der Waals surface area (Å²) in [4.78, 5) is 2.62. The molecule has 0 aromatic rings. The Balaban J connectivity index is 2.37. The highest BCUT2D eigenvalue weighted by Gasteiger charge is 2.26. The zero-order valence-electron chi connectivity index (χ0n) is 13.0. The molecule has 1 fully saturated rings. The maximum atomic E-state index is 5.21. The summed E-state index contributed by atoms with van der Waals surface area (Å²) >= 11 is 0.